The molecule has 2 atom stereocenters. The zero-order chi connectivity index (χ0) is 25.9. The molecule has 0 unspecified atom stereocenters. The van der Waals surface area contributed by atoms with E-state index in [9.17, 15) is 9.90 Å². The van der Waals surface area contributed by atoms with Crippen LogP contribution in [0.3, 0.4) is 0 Å². The number of hydrogen-bond donors (Lipinski definition) is 3. The number of carbonyl (C=O) groups is 1. The van der Waals surface area contributed by atoms with Gasteiger partial charge < -0.3 is 10.4 Å². The molecule has 3 N–H and O–H groups in total. The van der Waals surface area contributed by atoms with Crippen LogP contribution in [0, 0.1) is 12.3 Å². The molecule has 0 fully saturated rings. The highest BCUT2D eigenvalue weighted by Gasteiger charge is 2.30. The third-order valence-corrected chi connectivity index (χ3v) is 6.64. The van der Waals surface area contributed by atoms with Crippen LogP contribution < -0.4 is 10.6 Å². The standard InChI is InChI=1S/C28H34N6O2/c1-19-12-8-6-11-15-23(24(35)16-28(19,3)4)30-27(36)31-26-20(2)25(21-17-29-33(5)18-21)32-34(26)22-13-9-7-10-14-22/h6-14,17-18,23-24,35H,1,15-16H2,2-5H3,(H2,30,31,36)/b11-6-,12-8-/t23-,24-/m1/s1. The molecule has 0 aliphatic heterocycles. The molecule has 8 heteroatoms. The van der Waals surface area contributed by atoms with Crippen molar-refractivity contribution >= 4 is 11.8 Å². The lowest BCUT2D eigenvalue weighted by Crippen LogP contribution is -2.46. The summed E-state index contributed by atoms with van der Waals surface area (Å²) >= 11 is 0. The van der Waals surface area contributed by atoms with Crippen molar-refractivity contribution < 1.29 is 9.90 Å². The zero-order valence-corrected chi connectivity index (χ0v) is 21.3. The Hall–Kier alpha value is -3.91. The third kappa shape index (κ3) is 5.49. The van der Waals surface area contributed by atoms with Crippen LogP contribution in [-0.2, 0) is 7.05 Å². The van der Waals surface area contributed by atoms with Gasteiger partial charge in [-0.25, -0.2) is 9.48 Å². The summed E-state index contributed by atoms with van der Waals surface area (Å²) in [5.41, 5.74) is 3.85. The number of urea groups is 1. The van der Waals surface area contributed by atoms with E-state index in [2.05, 4.69) is 22.3 Å². The molecule has 36 heavy (non-hydrogen) atoms. The Morgan fingerprint density at radius 2 is 1.97 bits per heavy atom. The van der Waals surface area contributed by atoms with Crippen LogP contribution >= 0.6 is 0 Å². The Kier molecular flexibility index (Phi) is 7.26. The molecule has 2 amide bonds. The smallest absolute Gasteiger partial charge is 0.320 e. The highest BCUT2D eigenvalue weighted by Crippen LogP contribution is 2.33. The lowest BCUT2D eigenvalue weighted by molar-refractivity contribution is 0.0929. The molecule has 2 aromatic heterocycles. The first-order valence-corrected chi connectivity index (χ1v) is 12.1. The Balaban J connectivity index is 1.61. The summed E-state index contributed by atoms with van der Waals surface area (Å²) in [6.07, 6.45) is 11.6. The van der Waals surface area contributed by atoms with Crippen molar-refractivity contribution in [2.24, 2.45) is 12.5 Å². The highest BCUT2D eigenvalue weighted by molar-refractivity contribution is 5.91. The van der Waals surface area contributed by atoms with Crippen LogP contribution in [0.15, 0.2) is 79.2 Å². The summed E-state index contributed by atoms with van der Waals surface area (Å²) in [5, 5.41) is 26.1. The minimum absolute atomic E-state index is 0.307. The number of rotatable bonds is 4. The fourth-order valence-electron chi connectivity index (χ4n) is 4.34. The number of amides is 2. The van der Waals surface area contributed by atoms with Crippen molar-refractivity contribution in [2.75, 3.05) is 5.32 Å². The van der Waals surface area contributed by atoms with Gasteiger partial charge in [-0.2, -0.15) is 10.2 Å². The average Bonchev–Trinajstić information content (AvgIpc) is 3.40. The second kappa shape index (κ2) is 10.4. The maximum Gasteiger partial charge on any atom is 0.320 e. The first-order chi connectivity index (χ1) is 17.2. The van der Waals surface area contributed by atoms with Crippen molar-refractivity contribution in [1.29, 1.82) is 0 Å². The molecule has 0 radical (unpaired) electrons. The van der Waals surface area contributed by atoms with Gasteiger partial charge >= 0.3 is 6.03 Å². The predicted molar refractivity (Wildman–Crippen MR) is 143 cm³/mol. The van der Waals surface area contributed by atoms with Crippen LogP contribution in [0.1, 0.15) is 32.3 Å². The molecule has 2 heterocycles. The van der Waals surface area contributed by atoms with Crippen LogP contribution in [-0.4, -0.2) is 42.8 Å². The van der Waals surface area contributed by atoms with E-state index in [1.54, 1.807) is 15.6 Å². The van der Waals surface area contributed by atoms with Crippen LogP contribution in [0.25, 0.3) is 16.9 Å². The topological polar surface area (TPSA) is 97.0 Å². The van der Waals surface area contributed by atoms with Gasteiger partial charge in [-0.05, 0) is 42.9 Å². The van der Waals surface area contributed by atoms with Gasteiger partial charge in [0.2, 0.25) is 0 Å². The molecule has 1 aliphatic carbocycles. The average molecular weight is 487 g/mol. The maximum atomic E-state index is 13.2. The van der Waals surface area contributed by atoms with E-state index in [0.29, 0.717) is 18.7 Å². The molecule has 1 aliphatic rings. The van der Waals surface area contributed by atoms with Gasteiger partial charge in [0, 0.05) is 24.4 Å². The number of allylic oxidation sites excluding steroid dienone is 4. The van der Waals surface area contributed by atoms with E-state index in [1.807, 2.05) is 88.7 Å². The monoisotopic (exact) mass is 486 g/mol. The van der Waals surface area contributed by atoms with Crippen LogP contribution in [0.5, 0.6) is 0 Å². The molecule has 3 aromatic rings. The van der Waals surface area contributed by atoms with Gasteiger partial charge in [0.1, 0.15) is 11.5 Å². The minimum atomic E-state index is -0.746. The molecule has 8 nitrogen and oxygen atoms in total. The minimum Gasteiger partial charge on any atom is -0.391 e. The quantitative estimate of drug-likeness (QED) is 0.488. The lowest BCUT2D eigenvalue weighted by atomic mass is 9.78. The van der Waals surface area contributed by atoms with Crippen molar-refractivity contribution in [2.45, 2.75) is 45.8 Å². The fourth-order valence-corrected chi connectivity index (χ4v) is 4.34. The second-order valence-electron chi connectivity index (χ2n) is 9.88. The summed E-state index contributed by atoms with van der Waals surface area (Å²) in [6, 6.07) is 8.77. The fraction of sp³-hybridized carbons (Fsp3) is 0.321. The van der Waals surface area contributed by atoms with Gasteiger partial charge in [0.15, 0.2) is 0 Å². The molecule has 4 rings (SSSR count). The maximum absolute atomic E-state index is 13.2. The molecular formula is C28H34N6O2. The summed E-state index contributed by atoms with van der Waals surface area (Å²) in [5.74, 6) is 0.555. The molecule has 0 spiro atoms. The molecule has 0 bridgehead atoms. The zero-order valence-electron chi connectivity index (χ0n) is 21.3. The van der Waals surface area contributed by atoms with Crippen molar-refractivity contribution in [3.05, 3.63) is 84.7 Å². The highest BCUT2D eigenvalue weighted by atomic mass is 16.3. The largest absolute Gasteiger partial charge is 0.391 e. The molecule has 0 saturated carbocycles. The van der Waals surface area contributed by atoms with Gasteiger partial charge in [-0.3, -0.25) is 10.00 Å². The number of anilines is 1. The number of benzene rings is 1. The van der Waals surface area contributed by atoms with Crippen molar-refractivity contribution in [1.82, 2.24) is 24.9 Å². The SMILES string of the molecule is C=C1/C=C\C=C/C[C@@H](NC(=O)Nc2c(C)c(-c3cnn(C)c3)nn2-c2ccccc2)[C@H](O)CC1(C)C. The molecule has 0 saturated heterocycles. The van der Waals surface area contributed by atoms with Gasteiger partial charge in [-0.15, -0.1) is 0 Å². The Labute approximate surface area is 212 Å². The lowest BCUT2D eigenvalue weighted by Gasteiger charge is -2.32. The summed E-state index contributed by atoms with van der Waals surface area (Å²) < 4.78 is 3.44. The van der Waals surface area contributed by atoms with Crippen molar-refractivity contribution in [3.63, 3.8) is 0 Å². The van der Waals surface area contributed by atoms with Gasteiger partial charge in [0.25, 0.3) is 0 Å². The van der Waals surface area contributed by atoms with E-state index >= 15 is 0 Å². The van der Waals surface area contributed by atoms with Crippen LogP contribution in [0.2, 0.25) is 0 Å². The van der Waals surface area contributed by atoms with E-state index in [1.165, 1.54) is 0 Å². The number of nitrogens with zero attached hydrogens (tertiary/aromatic N) is 4. The second-order valence-corrected chi connectivity index (χ2v) is 9.88. The number of aromatic nitrogens is 4. The van der Waals surface area contributed by atoms with E-state index in [0.717, 1.165) is 28.1 Å². The summed E-state index contributed by atoms with van der Waals surface area (Å²) in [6.45, 7) is 10.2. The summed E-state index contributed by atoms with van der Waals surface area (Å²) in [4.78, 5) is 13.2. The van der Waals surface area contributed by atoms with E-state index in [-0.39, 0.29) is 5.41 Å². The first kappa shape index (κ1) is 25.2. The van der Waals surface area contributed by atoms with Gasteiger partial charge in [-0.1, -0.05) is 62.9 Å². The number of hydrogen-bond acceptors (Lipinski definition) is 4. The number of nitrogens with one attached hydrogen (secondary N) is 2. The third-order valence-electron chi connectivity index (χ3n) is 6.64. The number of para-hydroxylation sites is 1. The number of aliphatic hydroxyl groups excluding tert-OH is 1. The normalized spacial score (nSPS) is 21.5. The van der Waals surface area contributed by atoms with Gasteiger partial charge in [0.05, 0.1) is 24.0 Å². The van der Waals surface area contributed by atoms with Crippen LogP contribution in [0.4, 0.5) is 10.6 Å². The Bertz CT molecular complexity index is 1300. The van der Waals surface area contributed by atoms with Crippen molar-refractivity contribution in [3.8, 4) is 16.9 Å². The Morgan fingerprint density at radius 1 is 1.22 bits per heavy atom. The Morgan fingerprint density at radius 3 is 2.67 bits per heavy atom. The first-order valence-electron chi connectivity index (χ1n) is 12.1. The van der Waals surface area contributed by atoms with E-state index < -0.39 is 18.2 Å². The molecule has 1 aromatic carbocycles. The predicted octanol–water partition coefficient (Wildman–Crippen LogP) is 4.92. The summed E-state index contributed by atoms with van der Waals surface area (Å²) in [7, 11) is 1.85. The number of aliphatic hydroxyl groups is 1. The van der Waals surface area contributed by atoms with E-state index in [4.69, 9.17) is 5.10 Å². The molecule has 188 valence electrons. The number of aryl methyl sites for hydroxylation is 1. The molecular weight excluding hydrogens is 452 g/mol. The number of carbonyl (C=O) groups excluding carboxylic acids is 1.